The van der Waals surface area contributed by atoms with Gasteiger partial charge in [0.2, 0.25) is 0 Å². The molecule has 4 rings (SSSR count). The third kappa shape index (κ3) is 3.69. The summed E-state index contributed by atoms with van der Waals surface area (Å²) in [6, 6.07) is 15.7. The van der Waals surface area contributed by atoms with Gasteiger partial charge in [0.25, 0.3) is 0 Å². The summed E-state index contributed by atoms with van der Waals surface area (Å²) >= 11 is 3.65. The van der Waals surface area contributed by atoms with Crippen molar-refractivity contribution in [2.45, 2.75) is 40.0 Å². The highest BCUT2D eigenvalue weighted by molar-refractivity contribution is 9.10. The topological polar surface area (TPSA) is 50.2 Å². The molecule has 1 aromatic heterocycles. The predicted octanol–water partition coefficient (Wildman–Crippen LogP) is 7.23. The second-order valence-electron chi connectivity index (χ2n) is 8.77. The van der Waals surface area contributed by atoms with Gasteiger partial charge in [0.15, 0.2) is 0 Å². The van der Waals surface area contributed by atoms with Crippen molar-refractivity contribution in [1.82, 2.24) is 4.98 Å². The van der Waals surface area contributed by atoms with Crippen molar-refractivity contribution in [3.8, 4) is 0 Å². The number of para-hydroxylation sites is 1. The van der Waals surface area contributed by atoms with Gasteiger partial charge in [-0.2, -0.15) is 0 Å². The van der Waals surface area contributed by atoms with E-state index in [1.54, 1.807) is 0 Å². The Morgan fingerprint density at radius 1 is 1.17 bits per heavy atom. The van der Waals surface area contributed by atoms with E-state index in [9.17, 15) is 9.90 Å². The van der Waals surface area contributed by atoms with E-state index in [2.05, 4.69) is 48.8 Å². The highest BCUT2D eigenvalue weighted by Crippen LogP contribution is 2.46. The molecule has 0 unspecified atom stereocenters. The number of aromatic nitrogens is 1. The zero-order chi connectivity index (χ0) is 21.5. The van der Waals surface area contributed by atoms with E-state index in [0.717, 1.165) is 57.0 Å². The summed E-state index contributed by atoms with van der Waals surface area (Å²) in [7, 11) is 0. The lowest BCUT2D eigenvalue weighted by molar-refractivity contribution is 0.0696. The third-order valence-corrected chi connectivity index (χ3v) is 7.40. The first-order valence-corrected chi connectivity index (χ1v) is 11.2. The van der Waals surface area contributed by atoms with Gasteiger partial charge in [-0.15, -0.1) is 0 Å². The van der Waals surface area contributed by atoms with E-state index < -0.39 is 5.97 Å². The summed E-state index contributed by atoms with van der Waals surface area (Å²) in [5.74, 6) is -0.523. The molecule has 1 aliphatic carbocycles. The number of hydrogen-bond donors (Lipinski definition) is 1. The first-order valence-electron chi connectivity index (χ1n) is 10.4. The van der Waals surface area contributed by atoms with Crippen molar-refractivity contribution in [3.63, 3.8) is 0 Å². The van der Waals surface area contributed by atoms with E-state index >= 15 is 0 Å². The number of carboxylic acid groups (broad SMARTS) is 1. The number of carboxylic acids is 1. The molecule has 0 bridgehead atoms. The summed E-state index contributed by atoms with van der Waals surface area (Å²) in [6.07, 6.45) is 4.84. The SMILES string of the molecule is CCC(C)(C)[C@@H]1C/C(=C/c2ccccc2Br)c2nc3ccccc3c(C(=O)O)c2C1. The summed E-state index contributed by atoms with van der Waals surface area (Å²) in [4.78, 5) is 17.3. The van der Waals surface area contributed by atoms with Crippen LogP contribution in [0.25, 0.3) is 22.6 Å². The van der Waals surface area contributed by atoms with Crippen molar-refractivity contribution < 1.29 is 9.90 Å². The smallest absolute Gasteiger partial charge is 0.336 e. The Kier molecular flexibility index (Phi) is 5.54. The van der Waals surface area contributed by atoms with Crippen molar-refractivity contribution in [3.05, 3.63) is 75.4 Å². The number of allylic oxidation sites excluding steroid dienone is 1. The minimum atomic E-state index is -0.875. The zero-order valence-corrected chi connectivity index (χ0v) is 19.2. The Labute approximate surface area is 186 Å². The molecule has 0 saturated heterocycles. The summed E-state index contributed by atoms with van der Waals surface area (Å²) in [6.45, 7) is 6.78. The lowest BCUT2D eigenvalue weighted by atomic mass is 9.67. The van der Waals surface area contributed by atoms with Crippen LogP contribution in [-0.2, 0) is 6.42 Å². The number of benzene rings is 2. The summed E-state index contributed by atoms with van der Waals surface area (Å²) < 4.78 is 1.02. The van der Waals surface area contributed by atoms with Crippen molar-refractivity contribution in [2.24, 2.45) is 11.3 Å². The molecule has 1 atom stereocenters. The van der Waals surface area contributed by atoms with E-state index in [0.29, 0.717) is 11.5 Å². The van der Waals surface area contributed by atoms with Crippen LogP contribution in [0, 0.1) is 11.3 Å². The molecular weight excluding hydrogens is 438 g/mol. The van der Waals surface area contributed by atoms with Crippen LogP contribution in [0.2, 0.25) is 0 Å². The van der Waals surface area contributed by atoms with Crippen molar-refractivity contribution in [2.75, 3.05) is 0 Å². The molecule has 1 N–H and O–H groups in total. The van der Waals surface area contributed by atoms with Crippen molar-refractivity contribution >= 4 is 44.5 Å². The molecule has 0 fully saturated rings. The third-order valence-electron chi connectivity index (χ3n) is 6.68. The van der Waals surface area contributed by atoms with E-state index in [4.69, 9.17) is 4.98 Å². The second-order valence-corrected chi connectivity index (χ2v) is 9.63. The Morgan fingerprint density at radius 2 is 1.87 bits per heavy atom. The monoisotopic (exact) mass is 463 g/mol. The number of rotatable bonds is 4. The van der Waals surface area contributed by atoms with Gasteiger partial charge in [-0.25, -0.2) is 9.78 Å². The largest absolute Gasteiger partial charge is 0.478 e. The summed E-state index contributed by atoms with van der Waals surface area (Å²) in [5.41, 5.74) is 5.15. The lowest BCUT2D eigenvalue weighted by Gasteiger charge is -2.38. The van der Waals surface area contributed by atoms with Crippen LogP contribution in [0.4, 0.5) is 0 Å². The van der Waals surface area contributed by atoms with Crippen LogP contribution in [0.1, 0.15) is 60.8 Å². The molecule has 1 heterocycles. The Balaban J connectivity index is 2.01. The van der Waals surface area contributed by atoms with Gasteiger partial charge >= 0.3 is 5.97 Å². The molecule has 154 valence electrons. The molecule has 30 heavy (non-hydrogen) atoms. The Morgan fingerprint density at radius 3 is 2.57 bits per heavy atom. The number of nitrogens with zero attached hydrogens (tertiary/aromatic N) is 1. The maximum Gasteiger partial charge on any atom is 0.336 e. The number of hydrogen-bond acceptors (Lipinski definition) is 2. The zero-order valence-electron chi connectivity index (χ0n) is 17.6. The van der Waals surface area contributed by atoms with E-state index in [-0.39, 0.29) is 5.41 Å². The molecule has 4 heteroatoms. The van der Waals surface area contributed by atoms with Gasteiger partial charge in [0, 0.05) is 9.86 Å². The number of aromatic carboxylic acids is 1. The van der Waals surface area contributed by atoms with E-state index in [1.807, 2.05) is 42.5 Å². The molecule has 0 aliphatic heterocycles. The quantitative estimate of drug-likeness (QED) is 0.443. The second kappa shape index (κ2) is 7.99. The number of halogens is 1. The molecule has 0 amide bonds. The standard InChI is InChI=1S/C26H26BrNO2/c1-4-26(2,3)18-14-17(13-16-9-5-7-11-21(16)27)24-20(15-18)23(25(29)30)19-10-6-8-12-22(19)28-24/h5-13,18H,4,14-15H2,1-3H3,(H,29,30)/b17-13-/t18-/m1/s1. The normalized spacial score (nSPS) is 17.9. The number of fused-ring (bicyclic) bond motifs is 2. The van der Waals surface area contributed by atoms with Crippen LogP contribution < -0.4 is 0 Å². The van der Waals surface area contributed by atoms with Gasteiger partial charge in [-0.1, -0.05) is 79.5 Å². The number of pyridine rings is 1. The maximum atomic E-state index is 12.4. The molecule has 2 aromatic carbocycles. The fraction of sp³-hybridized carbons (Fsp3) is 0.308. The first kappa shape index (κ1) is 20.8. The van der Waals surface area contributed by atoms with Crippen molar-refractivity contribution in [1.29, 1.82) is 0 Å². The molecule has 1 aliphatic rings. The summed E-state index contributed by atoms with van der Waals surface area (Å²) in [5, 5.41) is 10.9. The minimum Gasteiger partial charge on any atom is -0.478 e. The Bertz CT molecular complexity index is 1160. The van der Waals surface area contributed by atoms with Gasteiger partial charge in [-0.3, -0.25) is 0 Å². The van der Waals surface area contributed by atoms with Crippen LogP contribution >= 0.6 is 15.9 Å². The first-order chi connectivity index (χ1) is 14.3. The van der Waals surface area contributed by atoms with Gasteiger partial charge in [-0.05, 0) is 59.1 Å². The molecular formula is C26H26BrNO2. The fourth-order valence-corrected chi connectivity index (χ4v) is 4.79. The Hall–Kier alpha value is -2.46. The van der Waals surface area contributed by atoms with Gasteiger partial charge in [0.1, 0.15) is 0 Å². The lowest BCUT2D eigenvalue weighted by Crippen LogP contribution is -2.30. The fourth-order valence-electron chi connectivity index (χ4n) is 4.39. The van der Waals surface area contributed by atoms with Crippen LogP contribution in [0.5, 0.6) is 0 Å². The van der Waals surface area contributed by atoms with Gasteiger partial charge < -0.3 is 5.11 Å². The highest BCUT2D eigenvalue weighted by atomic mass is 79.9. The average Bonchev–Trinajstić information content (AvgIpc) is 2.73. The predicted molar refractivity (Wildman–Crippen MR) is 127 cm³/mol. The highest BCUT2D eigenvalue weighted by Gasteiger charge is 2.36. The van der Waals surface area contributed by atoms with Crippen LogP contribution in [0.15, 0.2) is 53.0 Å². The molecule has 3 aromatic rings. The van der Waals surface area contributed by atoms with E-state index in [1.165, 1.54) is 0 Å². The molecule has 0 radical (unpaired) electrons. The maximum absolute atomic E-state index is 12.4. The average molecular weight is 464 g/mol. The molecule has 0 saturated carbocycles. The molecule has 3 nitrogen and oxygen atoms in total. The minimum absolute atomic E-state index is 0.103. The van der Waals surface area contributed by atoms with Crippen LogP contribution in [0.3, 0.4) is 0 Å². The van der Waals surface area contributed by atoms with Crippen LogP contribution in [-0.4, -0.2) is 16.1 Å². The number of carbonyl (C=O) groups is 1. The van der Waals surface area contributed by atoms with Gasteiger partial charge in [0.05, 0.1) is 16.8 Å². The molecule has 0 spiro atoms.